The monoisotopic (exact) mass is 193 g/mol. The summed E-state index contributed by atoms with van der Waals surface area (Å²) in [5, 5.41) is 19.0. The van der Waals surface area contributed by atoms with Gasteiger partial charge in [-0.25, -0.2) is 0 Å². The van der Waals surface area contributed by atoms with Crippen molar-refractivity contribution in [3.63, 3.8) is 0 Å². The zero-order valence-corrected chi connectivity index (χ0v) is 8.36. The summed E-state index contributed by atoms with van der Waals surface area (Å²) < 4.78 is 0. The van der Waals surface area contributed by atoms with E-state index in [1.807, 2.05) is 6.07 Å². The highest BCUT2D eigenvalue weighted by Crippen LogP contribution is 2.59. The molecule has 1 aromatic carbocycles. The number of aromatic hydroxyl groups is 2. The number of hydrogen-bond acceptors (Lipinski definition) is 3. The van der Waals surface area contributed by atoms with E-state index >= 15 is 0 Å². The van der Waals surface area contributed by atoms with E-state index in [0.29, 0.717) is 0 Å². The van der Waals surface area contributed by atoms with Gasteiger partial charge in [-0.2, -0.15) is 0 Å². The highest BCUT2D eigenvalue weighted by Gasteiger charge is 2.57. The van der Waals surface area contributed by atoms with Crippen molar-refractivity contribution in [3.8, 4) is 11.5 Å². The molecule has 0 spiro atoms. The fraction of sp³-hybridized carbons (Fsp3) is 0.455. The molecule has 1 saturated carbocycles. The second kappa shape index (κ2) is 2.64. The minimum Gasteiger partial charge on any atom is -0.504 e. The minimum atomic E-state index is -0.0719. The zero-order chi connectivity index (χ0) is 10.5. The van der Waals surface area contributed by atoms with Crippen molar-refractivity contribution in [3.05, 3.63) is 23.8 Å². The summed E-state index contributed by atoms with van der Waals surface area (Å²) in [6, 6.07) is 5.08. The van der Waals surface area contributed by atoms with Gasteiger partial charge in [-0.15, -0.1) is 0 Å². The number of para-hydroxylation sites is 1. The van der Waals surface area contributed by atoms with Crippen molar-refractivity contribution in [2.75, 3.05) is 0 Å². The molecule has 1 aromatic rings. The Bertz CT molecular complexity index is 374. The molecular weight excluding hydrogens is 178 g/mol. The summed E-state index contributed by atoms with van der Waals surface area (Å²) in [7, 11) is 0. The van der Waals surface area contributed by atoms with Crippen LogP contribution in [0.1, 0.15) is 25.3 Å². The molecule has 1 fully saturated rings. The molecule has 2 rings (SSSR count). The smallest absolute Gasteiger partial charge is 0.161 e. The number of benzene rings is 1. The Kier molecular flexibility index (Phi) is 1.76. The van der Waals surface area contributed by atoms with Crippen LogP contribution in [0.2, 0.25) is 0 Å². The third-order valence-electron chi connectivity index (χ3n) is 3.29. The summed E-state index contributed by atoms with van der Waals surface area (Å²) in [6.07, 6.45) is 0. The second-order valence-corrected chi connectivity index (χ2v) is 4.54. The van der Waals surface area contributed by atoms with Crippen LogP contribution < -0.4 is 5.73 Å². The van der Waals surface area contributed by atoms with Crippen molar-refractivity contribution >= 4 is 0 Å². The van der Waals surface area contributed by atoms with Gasteiger partial charge in [-0.05, 0) is 11.5 Å². The predicted molar refractivity (Wildman–Crippen MR) is 54.3 cm³/mol. The van der Waals surface area contributed by atoms with Gasteiger partial charge in [0.15, 0.2) is 11.5 Å². The van der Waals surface area contributed by atoms with Crippen LogP contribution in [0, 0.1) is 5.41 Å². The lowest BCUT2D eigenvalue weighted by Crippen LogP contribution is -2.06. The second-order valence-electron chi connectivity index (χ2n) is 4.54. The molecule has 0 heterocycles. The quantitative estimate of drug-likeness (QED) is 0.593. The van der Waals surface area contributed by atoms with Crippen LogP contribution in [0.4, 0.5) is 0 Å². The van der Waals surface area contributed by atoms with E-state index in [0.717, 1.165) is 5.56 Å². The van der Waals surface area contributed by atoms with Gasteiger partial charge in [0.1, 0.15) is 0 Å². The van der Waals surface area contributed by atoms with E-state index in [2.05, 4.69) is 13.8 Å². The van der Waals surface area contributed by atoms with E-state index < -0.39 is 0 Å². The van der Waals surface area contributed by atoms with Gasteiger partial charge in [0.2, 0.25) is 0 Å². The first-order valence-corrected chi connectivity index (χ1v) is 4.72. The average Bonchev–Trinajstić information content (AvgIpc) is 2.59. The Balaban J connectivity index is 2.40. The normalized spacial score (nSPS) is 28.8. The van der Waals surface area contributed by atoms with Crippen LogP contribution in [0.3, 0.4) is 0 Å². The molecule has 0 bridgehead atoms. The Morgan fingerprint density at radius 2 is 1.86 bits per heavy atom. The lowest BCUT2D eigenvalue weighted by molar-refractivity contribution is 0.398. The zero-order valence-electron chi connectivity index (χ0n) is 8.36. The first kappa shape index (κ1) is 9.34. The number of phenols is 2. The van der Waals surface area contributed by atoms with E-state index in [1.54, 1.807) is 6.07 Å². The van der Waals surface area contributed by atoms with Crippen molar-refractivity contribution in [1.82, 2.24) is 0 Å². The minimum absolute atomic E-state index is 0.0191. The first-order chi connectivity index (χ1) is 6.46. The molecule has 0 saturated heterocycles. The lowest BCUT2D eigenvalue weighted by atomic mass is 10.0. The van der Waals surface area contributed by atoms with Crippen molar-refractivity contribution in [2.45, 2.75) is 25.8 Å². The van der Waals surface area contributed by atoms with Crippen LogP contribution in [0.5, 0.6) is 11.5 Å². The molecule has 0 aliphatic heterocycles. The molecule has 1 aliphatic rings. The Labute approximate surface area is 83.2 Å². The Morgan fingerprint density at radius 3 is 2.36 bits per heavy atom. The molecule has 4 N–H and O–H groups in total. The van der Waals surface area contributed by atoms with Gasteiger partial charge in [0.05, 0.1) is 0 Å². The molecule has 0 radical (unpaired) electrons. The summed E-state index contributed by atoms with van der Waals surface area (Å²) >= 11 is 0. The maximum atomic E-state index is 9.65. The SMILES string of the molecule is CC1(C)[C@H](N)[C@H]1c1cccc(O)c1O. The van der Waals surface area contributed by atoms with Crippen LogP contribution in [0.25, 0.3) is 0 Å². The molecular formula is C11H15NO2. The van der Waals surface area contributed by atoms with Crippen molar-refractivity contribution < 1.29 is 10.2 Å². The highest BCUT2D eigenvalue weighted by molar-refractivity contribution is 5.50. The molecule has 14 heavy (non-hydrogen) atoms. The number of hydrogen-bond donors (Lipinski definition) is 3. The third-order valence-corrected chi connectivity index (χ3v) is 3.29. The average molecular weight is 193 g/mol. The van der Waals surface area contributed by atoms with E-state index in [-0.39, 0.29) is 28.9 Å². The van der Waals surface area contributed by atoms with Crippen LogP contribution in [-0.4, -0.2) is 16.3 Å². The number of phenolic OH excluding ortho intramolecular Hbond substituents is 2. The van der Waals surface area contributed by atoms with Crippen LogP contribution in [0.15, 0.2) is 18.2 Å². The van der Waals surface area contributed by atoms with Crippen molar-refractivity contribution in [1.29, 1.82) is 0 Å². The van der Waals surface area contributed by atoms with Gasteiger partial charge in [-0.1, -0.05) is 26.0 Å². The molecule has 1 aliphatic carbocycles. The molecule has 2 atom stereocenters. The summed E-state index contributed by atoms with van der Waals surface area (Å²) in [5.41, 5.74) is 6.67. The van der Waals surface area contributed by atoms with Crippen LogP contribution in [-0.2, 0) is 0 Å². The van der Waals surface area contributed by atoms with Gasteiger partial charge in [-0.3, -0.25) is 0 Å². The molecule has 0 amide bonds. The first-order valence-electron chi connectivity index (χ1n) is 4.72. The maximum absolute atomic E-state index is 9.65. The van der Waals surface area contributed by atoms with Crippen LogP contribution >= 0.6 is 0 Å². The number of rotatable bonds is 1. The Morgan fingerprint density at radius 1 is 1.29 bits per heavy atom. The molecule has 3 heteroatoms. The van der Waals surface area contributed by atoms with Crippen molar-refractivity contribution in [2.24, 2.45) is 11.1 Å². The molecule has 0 aromatic heterocycles. The summed E-state index contributed by atoms with van der Waals surface area (Å²) in [5.74, 6) is 0.0468. The van der Waals surface area contributed by atoms with Gasteiger partial charge < -0.3 is 15.9 Å². The van der Waals surface area contributed by atoms with E-state index in [4.69, 9.17) is 5.73 Å². The molecule has 0 unspecified atom stereocenters. The fourth-order valence-electron chi connectivity index (χ4n) is 2.07. The maximum Gasteiger partial charge on any atom is 0.161 e. The summed E-state index contributed by atoms with van der Waals surface area (Å²) in [6.45, 7) is 4.12. The highest BCUT2D eigenvalue weighted by atomic mass is 16.3. The van der Waals surface area contributed by atoms with Gasteiger partial charge in [0, 0.05) is 17.5 Å². The van der Waals surface area contributed by atoms with E-state index in [1.165, 1.54) is 6.07 Å². The lowest BCUT2D eigenvalue weighted by Gasteiger charge is -2.06. The summed E-state index contributed by atoms with van der Waals surface area (Å²) in [4.78, 5) is 0. The topological polar surface area (TPSA) is 66.5 Å². The fourth-order valence-corrected chi connectivity index (χ4v) is 2.07. The Hall–Kier alpha value is -1.22. The standard InChI is InChI=1S/C11H15NO2/c1-11(2)8(10(11)12)6-4-3-5-7(13)9(6)14/h3-5,8,10,13-14H,12H2,1-2H3/t8-,10-/m1/s1. The van der Waals surface area contributed by atoms with Gasteiger partial charge >= 0.3 is 0 Å². The molecule has 3 nitrogen and oxygen atoms in total. The van der Waals surface area contributed by atoms with E-state index in [9.17, 15) is 10.2 Å². The largest absolute Gasteiger partial charge is 0.504 e. The predicted octanol–water partition coefficient (Wildman–Crippen LogP) is 1.55. The number of nitrogens with two attached hydrogens (primary N) is 1. The van der Waals surface area contributed by atoms with Gasteiger partial charge in [0.25, 0.3) is 0 Å². The molecule has 76 valence electrons. The third kappa shape index (κ3) is 1.09.